The summed E-state index contributed by atoms with van der Waals surface area (Å²) in [5.74, 6) is 0.737. The van der Waals surface area contributed by atoms with E-state index in [1.54, 1.807) is 6.26 Å². The zero-order valence-electron chi connectivity index (χ0n) is 12.6. The van der Waals surface area contributed by atoms with Gasteiger partial charge in [0.05, 0.1) is 12.8 Å². The molecule has 1 aliphatic rings. The standard InChI is InChI=1S/C16H21N3O2S/c20-15(11-19-8-4-2-1-3-5-9-19)18-16-17-13(12-22-16)14-7-6-10-21-14/h6-7,10,12H,1-5,8-9,11H2,(H,17,18,20). The Morgan fingerprint density at radius 3 is 2.77 bits per heavy atom. The van der Waals surface area contributed by atoms with Crippen molar-refractivity contribution < 1.29 is 9.21 Å². The van der Waals surface area contributed by atoms with Crippen LogP contribution in [0.2, 0.25) is 0 Å². The summed E-state index contributed by atoms with van der Waals surface area (Å²) in [6.07, 6.45) is 7.87. The molecule has 0 atom stereocenters. The summed E-state index contributed by atoms with van der Waals surface area (Å²) >= 11 is 1.42. The Morgan fingerprint density at radius 1 is 1.27 bits per heavy atom. The highest BCUT2D eigenvalue weighted by Crippen LogP contribution is 2.25. The van der Waals surface area contributed by atoms with Crippen LogP contribution < -0.4 is 5.32 Å². The lowest BCUT2D eigenvalue weighted by molar-refractivity contribution is -0.117. The summed E-state index contributed by atoms with van der Waals surface area (Å²) in [4.78, 5) is 18.8. The Bertz CT molecular complexity index is 586. The maximum atomic E-state index is 12.2. The van der Waals surface area contributed by atoms with Crippen molar-refractivity contribution in [3.8, 4) is 11.5 Å². The Hall–Kier alpha value is -1.66. The van der Waals surface area contributed by atoms with Crippen LogP contribution in [0, 0.1) is 0 Å². The fraction of sp³-hybridized carbons (Fsp3) is 0.500. The highest BCUT2D eigenvalue weighted by atomic mass is 32.1. The number of anilines is 1. The second-order valence-corrected chi connectivity index (χ2v) is 6.47. The van der Waals surface area contributed by atoms with Gasteiger partial charge in [-0.3, -0.25) is 9.69 Å². The molecule has 0 radical (unpaired) electrons. The van der Waals surface area contributed by atoms with E-state index in [2.05, 4.69) is 15.2 Å². The highest BCUT2D eigenvalue weighted by Gasteiger charge is 2.14. The van der Waals surface area contributed by atoms with Crippen molar-refractivity contribution in [1.29, 1.82) is 0 Å². The molecule has 3 heterocycles. The summed E-state index contributed by atoms with van der Waals surface area (Å²) in [7, 11) is 0. The van der Waals surface area contributed by atoms with E-state index < -0.39 is 0 Å². The van der Waals surface area contributed by atoms with Crippen LogP contribution in [0.1, 0.15) is 32.1 Å². The molecule has 2 aromatic rings. The third-order valence-corrected chi connectivity index (χ3v) is 4.60. The lowest BCUT2D eigenvalue weighted by Gasteiger charge is -2.23. The van der Waals surface area contributed by atoms with E-state index >= 15 is 0 Å². The number of thiazole rings is 1. The van der Waals surface area contributed by atoms with E-state index in [0.717, 1.165) is 24.5 Å². The maximum absolute atomic E-state index is 12.2. The molecule has 1 aliphatic heterocycles. The van der Waals surface area contributed by atoms with E-state index in [4.69, 9.17) is 4.42 Å². The van der Waals surface area contributed by atoms with Crippen LogP contribution in [0.25, 0.3) is 11.5 Å². The number of carbonyl (C=O) groups is 1. The van der Waals surface area contributed by atoms with E-state index in [1.165, 1.54) is 43.4 Å². The molecule has 1 saturated heterocycles. The predicted molar refractivity (Wildman–Crippen MR) is 88.0 cm³/mol. The summed E-state index contributed by atoms with van der Waals surface area (Å²) < 4.78 is 5.31. The molecule has 2 aromatic heterocycles. The van der Waals surface area contributed by atoms with Crippen LogP contribution in [0.15, 0.2) is 28.2 Å². The van der Waals surface area contributed by atoms with Gasteiger partial charge in [-0.25, -0.2) is 4.98 Å². The molecule has 0 spiro atoms. The average Bonchev–Trinajstić information content (AvgIpc) is 3.12. The first kappa shape index (κ1) is 15.2. The van der Waals surface area contributed by atoms with Crippen molar-refractivity contribution in [1.82, 2.24) is 9.88 Å². The topological polar surface area (TPSA) is 58.4 Å². The van der Waals surface area contributed by atoms with Crippen molar-refractivity contribution in [2.75, 3.05) is 25.0 Å². The number of aromatic nitrogens is 1. The molecule has 0 saturated carbocycles. The fourth-order valence-corrected chi connectivity index (χ4v) is 3.42. The van der Waals surface area contributed by atoms with E-state index in [1.807, 2.05) is 17.5 Å². The molecule has 0 aromatic carbocycles. The van der Waals surface area contributed by atoms with Crippen LogP contribution in [-0.4, -0.2) is 35.4 Å². The number of furan rings is 1. The number of likely N-dealkylation sites (tertiary alicyclic amines) is 1. The summed E-state index contributed by atoms with van der Waals surface area (Å²) in [5, 5.41) is 5.41. The predicted octanol–water partition coefficient (Wildman–Crippen LogP) is 3.61. The summed E-state index contributed by atoms with van der Waals surface area (Å²) in [6.45, 7) is 2.49. The van der Waals surface area contributed by atoms with Gasteiger partial charge in [0, 0.05) is 5.38 Å². The van der Waals surface area contributed by atoms with Crippen LogP contribution >= 0.6 is 11.3 Å². The first-order valence-electron chi connectivity index (χ1n) is 7.83. The molecule has 0 aliphatic carbocycles. The first-order chi connectivity index (χ1) is 10.8. The number of hydrogen-bond donors (Lipinski definition) is 1. The Balaban J connectivity index is 1.53. The number of rotatable bonds is 4. The molecule has 5 nitrogen and oxygen atoms in total. The lowest BCUT2D eigenvalue weighted by Crippen LogP contribution is -2.35. The number of hydrogen-bond acceptors (Lipinski definition) is 5. The van der Waals surface area contributed by atoms with Crippen molar-refractivity contribution in [2.24, 2.45) is 0 Å². The van der Waals surface area contributed by atoms with Gasteiger partial charge in [0.25, 0.3) is 0 Å². The van der Waals surface area contributed by atoms with Gasteiger partial charge in [-0.05, 0) is 38.1 Å². The normalized spacial score (nSPS) is 16.9. The molecule has 0 bridgehead atoms. The molecular formula is C16H21N3O2S. The fourth-order valence-electron chi connectivity index (χ4n) is 2.70. The molecular weight excluding hydrogens is 298 g/mol. The minimum absolute atomic E-state index is 0.0147. The third kappa shape index (κ3) is 4.18. The van der Waals surface area contributed by atoms with Crippen LogP contribution in [0.5, 0.6) is 0 Å². The highest BCUT2D eigenvalue weighted by molar-refractivity contribution is 7.14. The smallest absolute Gasteiger partial charge is 0.240 e. The number of nitrogens with zero attached hydrogens (tertiary/aromatic N) is 2. The van der Waals surface area contributed by atoms with Gasteiger partial charge in [0.15, 0.2) is 10.9 Å². The first-order valence-corrected chi connectivity index (χ1v) is 8.71. The SMILES string of the molecule is O=C(CN1CCCCCCC1)Nc1nc(-c2ccco2)cs1. The van der Waals surface area contributed by atoms with Gasteiger partial charge in [0.1, 0.15) is 5.69 Å². The van der Waals surface area contributed by atoms with E-state index in [-0.39, 0.29) is 5.91 Å². The van der Waals surface area contributed by atoms with Gasteiger partial charge in [0.2, 0.25) is 5.91 Å². The molecule has 6 heteroatoms. The molecule has 1 N–H and O–H groups in total. The molecule has 3 rings (SSSR count). The number of amides is 1. The monoisotopic (exact) mass is 319 g/mol. The second kappa shape index (κ2) is 7.56. The minimum atomic E-state index is 0.0147. The maximum Gasteiger partial charge on any atom is 0.240 e. The van der Waals surface area contributed by atoms with Crippen molar-refractivity contribution in [3.05, 3.63) is 23.8 Å². The minimum Gasteiger partial charge on any atom is -0.463 e. The van der Waals surface area contributed by atoms with Crippen molar-refractivity contribution in [2.45, 2.75) is 32.1 Å². The van der Waals surface area contributed by atoms with Gasteiger partial charge >= 0.3 is 0 Å². The van der Waals surface area contributed by atoms with E-state index in [9.17, 15) is 4.79 Å². The van der Waals surface area contributed by atoms with E-state index in [0.29, 0.717) is 11.7 Å². The lowest BCUT2D eigenvalue weighted by atomic mass is 10.1. The number of nitrogens with one attached hydrogen (secondary N) is 1. The van der Waals surface area contributed by atoms with Crippen LogP contribution in [0.3, 0.4) is 0 Å². The molecule has 1 amide bonds. The Kier molecular flexibility index (Phi) is 5.24. The zero-order chi connectivity index (χ0) is 15.2. The largest absolute Gasteiger partial charge is 0.463 e. The molecule has 0 unspecified atom stereocenters. The zero-order valence-corrected chi connectivity index (χ0v) is 13.4. The Morgan fingerprint density at radius 2 is 2.05 bits per heavy atom. The van der Waals surface area contributed by atoms with Gasteiger partial charge in [-0.2, -0.15) is 0 Å². The quantitative estimate of drug-likeness (QED) is 0.935. The molecule has 118 valence electrons. The number of carbonyl (C=O) groups excluding carboxylic acids is 1. The van der Waals surface area contributed by atoms with Gasteiger partial charge in [-0.1, -0.05) is 19.3 Å². The average molecular weight is 319 g/mol. The van der Waals surface area contributed by atoms with Crippen LogP contribution in [-0.2, 0) is 4.79 Å². The second-order valence-electron chi connectivity index (χ2n) is 5.61. The molecule has 22 heavy (non-hydrogen) atoms. The molecule has 1 fully saturated rings. The summed E-state index contributed by atoms with van der Waals surface area (Å²) in [5.41, 5.74) is 0.761. The van der Waals surface area contributed by atoms with Gasteiger partial charge < -0.3 is 9.73 Å². The van der Waals surface area contributed by atoms with Crippen LogP contribution in [0.4, 0.5) is 5.13 Å². The van der Waals surface area contributed by atoms with Crippen molar-refractivity contribution in [3.63, 3.8) is 0 Å². The van der Waals surface area contributed by atoms with Crippen molar-refractivity contribution >= 4 is 22.4 Å². The Labute approximate surface area is 134 Å². The summed E-state index contributed by atoms with van der Waals surface area (Å²) in [6, 6.07) is 3.69. The van der Waals surface area contributed by atoms with Gasteiger partial charge in [-0.15, -0.1) is 11.3 Å². The third-order valence-electron chi connectivity index (χ3n) is 3.84.